The van der Waals surface area contributed by atoms with E-state index in [0.29, 0.717) is 6.04 Å². The van der Waals surface area contributed by atoms with Crippen molar-refractivity contribution in [2.45, 2.75) is 32.2 Å². The second kappa shape index (κ2) is 10.3. The molecule has 1 aliphatic rings. The number of aryl methyl sites for hydroxylation is 1. The maximum Gasteiger partial charge on any atom is 0.148 e. The van der Waals surface area contributed by atoms with E-state index in [1.54, 1.807) is 0 Å². The van der Waals surface area contributed by atoms with Crippen LogP contribution in [0.25, 0.3) is 0 Å². The first-order valence-electron chi connectivity index (χ1n) is 9.90. The molecule has 1 fully saturated rings. The molecule has 0 spiro atoms. The molecule has 0 amide bonds. The Morgan fingerprint density at radius 2 is 1.96 bits per heavy atom. The summed E-state index contributed by atoms with van der Waals surface area (Å²) in [5, 5.41) is 3.55. The Labute approximate surface area is 174 Å². The first-order chi connectivity index (χ1) is 13.7. The fourth-order valence-electron chi connectivity index (χ4n) is 3.56. The lowest BCUT2D eigenvalue weighted by Gasteiger charge is -2.33. The lowest BCUT2D eigenvalue weighted by molar-refractivity contribution is 0.209. The molecule has 2 aromatic rings. The summed E-state index contributed by atoms with van der Waals surface area (Å²) in [4.78, 5) is 3.29. The van der Waals surface area contributed by atoms with Crippen molar-refractivity contribution < 1.29 is 4.74 Å². The van der Waals surface area contributed by atoms with Gasteiger partial charge in [-0.25, -0.2) is 0 Å². The summed E-state index contributed by atoms with van der Waals surface area (Å²) < 4.78 is 5.67. The smallest absolute Gasteiger partial charge is 0.148 e. The van der Waals surface area contributed by atoms with Crippen LogP contribution in [-0.2, 0) is 6.42 Å². The molecule has 1 N–H and O–H groups in total. The van der Waals surface area contributed by atoms with Gasteiger partial charge in [0.1, 0.15) is 17.3 Å². The molecular formula is C24H28N2OS. The summed E-state index contributed by atoms with van der Waals surface area (Å²) in [5.41, 5.74) is 3.49. The largest absolute Gasteiger partial charge is 0.480 e. The SMILES string of the molecule is C#CCOc1ccc(C)cc1C(=S)NC1CCN(CCc2ccccc2)CC1. The summed E-state index contributed by atoms with van der Waals surface area (Å²) in [6.45, 7) is 5.62. The number of hydrogen-bond donors (Lipinski definition) is 1. The number of likely N-dealkylation sites (tertiary alicyclic amines) is 1. The number of nitrogens with zero attached hydrogens (tertiary/aromatic N) is 1. The highest BCUT2D eigenvalue weighted by atomic mass is 32.1. The van der Waals surface area contributed by atoms with Gasteiger partial charge in [-0.3, -0.25) is 0 Å². The average Bonchev–Trinajstić information content (AvgIpc) is 2.73. The quantitative estimate of drug-likeness (QED) is 0.569. The molecule has 0 aliphatic carbocycles. The van der Waals surface area contributed by atoms with E-state index >= 15 is 0 Å². The van der Waals surface area contributed by atoms with E-state index in [1.807, 2.05) is 12.1 Å². The Bertz CT molecular complexity index is 820. The van der Waals surface area contributed by atoms with Crippen molar-refractivity contribution in [1.29, 1.82) is 0 Å². The van der Waals surface area contributed by atoms with Gasteiger partial charge in [0.15, 0.2) is 0 Å². The molecule has 0 aromatic heterocycles. The number of piperidine rings is 1. The predicted octanol–water partition coefficient (Wildman–Crippen LogP) is 3.98. The molecule has 28 heavy (non-hydrogen) atoms. The van der Waals surface area contributed by atoms with E-state index in [2.05, 4.69) is 59.5 Å². The second-order valence-electron chi connectivity index (χ2n) is 7.32. The predicted molar refractivity (Wildman–Crippen MR) is 120 cm³/mol. The molecule has 3 nitrogen and oxygen atoms in total. The molecule has 1 heterocycles. The van der Waals surface area contributed by atoms with Crippen molar-refractivity contribution in [2.75, 3.05) is 26.2 Å². The molecule has 146 valence electrons. The zero-order valence-electron chi connectivity index (χ0n) is 16.5. The van der Waals surface area contributed by atoms with Crippen molar-refractivity contribution in [2.24, 2.45) is 0 Å². The molecule has 1 saturated heterocycles. The minimum atomic E-state index is 0.248. The molecular weight excluding hydrogens is 364 g/mol. The molecule has 0 atom stereocenters. The first-order valence-corrected chi connectivity index (χ1v) is 10.3. The van der Waals surface area contributed by atoms with Crippen LogP contribution in [-0.4, -0.2) is 42.2 Å². The Morgan fingerprint density at radius 3 is 2.68 bits per heavy atom. The van der Waals surface area contributed by atoms with Gasteiger partial charge in [0, 0.05) is 25.7 Å². The van der Waals surface area contributed by atoms with Crippen molar-refractivity contribution in [3.8, 4) is 18.1 Å². The van der Waals surface area contributed by atoms with Crippen LogP contribution in [0.1, 0.15) is 29.5 Å². The van der Waals surface area contributed by atoms with Crippen molar-refractivity contribution in [1.82, 2.24) is 10.2 Å². The Kier molecular flexibility index (Phi) is 7.47. The van der Waals surface area contributed by atoms with E-state index in [0.717, 1.165) is 60.8 Å². The summed E-state index contributed by atoms with van der Waals surface area (Å²) >= 11 is 5.69. The normalized spacial score (nSPS) is 15.0. The van der Waals surface area contributed by atoms with Gasteiger partial charge in [0.25, 0.3) is 0 Å². The highest BCUT2D eigenvalue weighted by Gasteiger charge is 2.21. The summed E-state index contributed by atoms with van der Waals surface area (Å²) in [6.07, 6.45) is 8.63. The maximum atomic E-state index is 5.69. The lowest BCUT2D eigenvalue weighted by Crippen LogP contribution is -2.44. The topological polar surface area (TPSA) is 24.5 Å². The summed E-state index contributed by atoms with van der Waals surface area (Å²) in [7, 11) is 0. The van der Waals surface area contributed by atoms with E-state index in [-0.39, 0.29) is 6.61 Å². The van der Waals surface area contributed by atoms with E-state index < -0.39 is 0 Å². The van der Waals surface area contributed by atoms with Gasteiger partial charge in [0.05, 0.1) is 5.56 Å². The number of ether oxygens (including phenoxy) is 1. The van der Waals surface area contributed by atoms with Gasteiger partial charge in [-0.05, 0) is 43.9 Å². The minimum Gasteiger partial charge on any atom is -0.480 e. The number of rotatable bonds is 7. The van der Waals surface area contributed by atoms with Crippen LogP contribution in [0.4, 0.5) is 0 Å². The van der Waals surface area contributed by atoms with Gasteiger partial charge in [-0.1, -0.05) is 60.1 Å². The van der Waals surface area contributed by atoms with Crippen LogP contribution in [0.15, 0.2) is 48.5 Å². The average molecular weight is 393 g/mol. The van der Waals surface area contributed by atoms with E-state index in [1.165, 1.54) is 5.56 Å². The summed E-state index contributed by atoms with van der Waals surface area (Å²) in [6, 6.07) is 17.1. The van der Waals surface area contributed by atoms with Gasteiger partial charge in [-0.15, -0.1) is 6.42 Å². The van der Waals surface area contributed by atoms with Crippen LogP contribution in [0.3, 0.4) is 0 Å². The summed E-state index contributed by atoms with van der Waals surface area (Å²) in [5.74, 6) is 3.27. The molecule has 0 bridgehead atoms. The standard InChI is InChI=1S/C24H28N2OS/c1-3-17-27-23-10-9-19(2)18-22(23)24(28)25-21-12-15-26(16-13-21)14-11-20-7-5-4-6-8-20/h1,4-10,18,21H,11-17H2,2H3,(H,25,28). The van der Waals surface area contributed by atoms with Crippen molar-refractivity contribution in [3.05, 3.63) is 65.2 Å². The minimum absolute atomic E-state index is 0.248. The van der Waals surface area contributed by atoms with E-state index in [9.17, 15) is 0 Å². The maximum absolute atomic E-state index is 5.69. The highest BCUT2D eigenvalue weighted by molar-refractivity contribution is 7.80. The molecule has 2 aromatic carbocycles. The molecule has 1 aliphatic heterocycles. The van der Waals surface area contributed by atoms with Crippen LogP contribution in [0.2, 0.25) is 0 Å². The third-order valence-corrected chi connectivity index (χ3v) is 5.51. The molecule has 0 unspecified atom stereocenters. The second-order valence-corrected chi connectivity index (χ2v) is 7.73. The Morgan fingerprint density at radius 1 is 1.21 bits per heavy atom. The number of thiocarbonyl (C=S) groups is 1. The monoisotopic (exact) mass is 392 g/mol. The van der Waals surface area contributed by atoms with Gasteiger partial charge in [-0.2, -0.15) is 0 Å². The number of benzene rings is 2. The zero-order valence-corrected chi connectivity index (χ0v) is 17.3. The Balaban J connectivity index is 1.50. The highest BCUT2D eigenvalue weighted by Crippen LogP contribution is 2.22. The van der Waals surface area contributed by atoms with Gasteiger partial charge in [0.2, 0.25) is 0 Å². The third-order valence-electron chi connectivity index (χ3n) is 5.17. The van der Waals surface area contributed by atoms with Crippen LogP contribution in [0.5, 0.6) is 5.75 Å². The van der Waals surface area contributed by atoms with Gasteiger partial charge < -0.3 is 15.0 Å². The number of hydrogen-bond acceptors (Lipinski definition) is 3. The molecule has 0 saturated carbocycles. The fourth-order valence-corrected chi connectivity index (χ4v) is 3.89. The van der Waals surface area contributed by atoms with Crippen LogP contribution >= 0.6 is 12.2 Å². The van der Waals surface area contributed by atoms with Gasteiger partial charge >= 0.3 is 0 Å². The zero-order chi connectivity index (χ0) is 19.8. The third kappa shape index (κ3) is 5.82. The first kappa shape index (κ1) is 20.4. The molecule has 3 rings (SSSR count). The lowest BCUT2D eigenvalue weighted by atomic mass is 10.0. The van der Waals surface area contributed by atoms with Crippen LogP contribution < -0.4 is 10.1 Å². The van der Waals surface area contributed by atoms with E-state index in [4.69, 9.17) is 23.4 Å². The number of terminal acetylenes is 1. The Hall–Kier alpha value is -2.35. The molecule has 0 radical (unpaired) electrons. The molecule has 4 heteroatoms. The van der Waals surface area contributed by atoms with Crippen LogP contribution in [0, 0.1) is 19.3 Å². The van der Waals surface area contributed by atoms with Crippen molar-refractivity contribution >= 4 is 17.2 Å². The number of nitrogens with one attached hydrogen (secondary N) is 1. The van der Waals surface area contributed by atoms with Crippen molar-refractivity contribution in [3.63, 3.8) is 0 Å². The fraction of sp³-hybridized carbons (Fsp3) is 0.375.